The average molecular weight is 154 g/mol. The van der Waals surface area contributed by atoms with E-state index < -0.39 is 0 Å². The first-order valence-electron chi connectivity index (χ1n) is 4.67. The zero-order valence-corrected chi connectivity index (χ0v) is 7.72. The Morgan fingerprint density at radius 3 is 2.09 bits per heavy atom. The maximum atomic E-state index is 9.81. The zero-order valence-electron chi connectivity index (χ0n) is 7.72. The number of hydrogen-bond donors (Lipinski definition) is 1. The first-order valence-corrected chi connectivity index (χ1v) is 4.67. The Morgan fingerprint density at radius 1 is 1.27 bits per heavy atom. The van der Waals surface area contributed by atoms with Gasteiger partial charge in [0, 0.05) is 0 Å². The molecule has 2 bridgehead atoms. The van der Waals surface area contributed by atoms with Crippen LogP contribution in [-0.4, -0.2) is 11.2 Å². The highest BCUT2D eigenvalue weighted by Crippen LogP contribution is 2.64. The molecule has 2 rings (SSSR count). The Bertz CT molecular complexity index is 189. The second-order valence-electron chi connectivity index (χ2n) is 5.10. The average Bonchev–Trinajstić information content (AvgIpc) is 2.23. The largest absolute Gasteiger partial charge is 0.393 e. The van der Waals surface area contributed by atoms with Crippen molar-refractivity contribution >= 4 is 0 Å². The predicted octanol–water partition coefficient (Wildman–Crippen LogP) is 2.19. The van der Waals surface area contributed by atoms with Gasteiger partial charge in [-0.15, -0.1) is 0 Å². The van der Waals surface area contributed by atoms with Gasteiger partial charge in [0.05, 0.1) is 6.10 Å². The quantitative estimate of drug-likeness (QED) is 0.567. The van der Waals surface area contributed by atoms with E-state index >= 15 is 0 Å². The minimum atomic E-state index is -0.0313. The van der Waals surface area contributed by atoms with Gasteiger partial charge in [-0.25, -0.2) is 0 Å². The third-order valence-electron chi connectivity index (χ3n) is 4.69. The van der Waals surface area contributed by atoms with Gasteiger partial charge in [-0.2, -0.15) is 0 Å². The molecule has 0 saturated heterocycles. The van der Waals surface area contributed by atoms with Gasteiger partial charge in [-0.05, 0) is 36.0 Å². The van der Waals surface area contributed by atoms with E-state index in [1.54, 1.807) is 0 Å². The smallest absolute Gasteiger partial charge is 0.0601 e. The lowest BCUT2D eigenvalue weighted by molar-refractivity contribution is 0.0380. The standard InChI is InChI=1S/C10H18O/c1-7-9(2)4-5-10(7,3)8(11)6-9/h7-8,11H,4-6H2,1-3H3/t7?,8-,9-,10-/m0/s1. The van der Waals surface area contributed by atoms with E-state index in [0.29, 0.717) is 11.3 Å². The molecule has 0 radical (unpaired) electrons. The molecule has 0 amide bonds. The molecule has 11 heavy (non-hydrogen) atoms. The highest BCUT2D eigenvalue weighted by Gasteiger charge is 2.59. The number of rotatable bonds is 0. The van der Waals surface area contributed by atoms with E-state index in [4.69, 9.17) is 0 Å². The lowest BCUT2D eigenvalue weighted by Gasteiger charge is -2.29. The van der Waals surface area contributed by atoms with E-state index in [0.717, 1.165) is 6.42 Å². The summed E-state index contributed by atoms with van der Waals surface area (Å²) in [5, 5.41) is 9.81. The van der Waals surface area contributed by atoms with Crippen LogP contribution in [0.3, 0.4) is 0 Å². The van der Waals surface area contributed by atoms with Crippen LogP contribution in [0.4, 0.5) is 0 Å². The fraction of sp³-hybridized carbons (Fsp3) is 1.00. The normalized spacial score (nSPS) is 62.2. The van der Waals surface area contributed by atoms with Crippen molar-refractivity contribution in [1.29, 1.82) is 0 Å². The number of aliphatic hydroxyl groups excluding tert-OH is 1. The highest BCUT2D eigenvalue weighted by atomic mass is 16.3. The van der Waals surface area contributed by atoms with Crippen LogP contribution in [0.15, 0.2) is 0 Å². The summed E-state index contributed by atoms with van der Waals surface area (Å²) in [5.74, 6) is 0.713. The molecule has 0 aromatic carbocycles. The van der Waals surface area contributed by atoms with E-state index in [1.165, 1.54) is 12.8 Å². The van der Waals surface area contributed by atoms with Crippen molar-refractivity contribution in [2.45, 2.75) is 46.1 Å². The topological polar surface area (TPSA) is 20.2 Å². The Morgan fingerprint density at radius 2 is 1.91 bits per heavy atom. The zero-order chi connectivity index (χ0) is 8.28. The van der Waals surface area contributed by atoms with Crippen LogP contribution in [0.5, 0.6) is 0 Å². The van der Waals surface area contributed by atoms with Gasteiger partial charge < -0.3 is 5.11 Å². The molecule has 0 aromatic heterocycles. The Labute approximate surface area is 68.8 Å². The maximum Gasteiger partial charge on any atom is 0.0601 e. The molecule has 64 valence electrons. The Kier molecular flexibility index (Phi) is 1.26. The van der Waals surface area contributed by atoms with Crippen molar-refractivity contribution in [2.75, 3.05) is 0 Å². The van der Waals surface area contributed by atoms with Crippen LogP contribution in [0.25, 0.3) is 0 Å². The van der Waals surface area contributed by atoms with Gasteiger partial charge in [0.25, 0.3) is 0 Å². The van der Waals surface area contributed by atoms with Crippen LogP contribution in [0.2, 0.25) is 0 Å². The molecule has 1 nitrogen and oxygen atoms in total. The second kappa shape index (κ2) is 1.82. The number of aliphatic hydroxyl groups is 1. The summed E-state index contributed by atoms with van der Waals surface area (Å²) in [6, 6.07) is 0. The van der Waals surface area contributed by atoms with Crippen molar-refractivity contribution in [3.63, 3.8) is 0 Å². The summed E-state index contributed by atoms with van der Waals surface area (Å²) in [4.78, 5) is 0. The molecule has 0 aliphatic heterocycles. The molecule has 0 aromatic rings. The predicted molar refractivity (Wildman–Crippen MR) is 45.2 cm³/mol. The van der Waals surface area contributed by atoms with Crippen LogP contribution in [0.1, 0.15) is 40.0 Å². The van der Waals surface area contributed by atoms with Crippen LogP contribution >= 0.6 is 0 Å². The monoisotopic (exact) mass is 154 g/mol. The van der Waals surface area contributed by atoms with E-state index in [1.807, 2.05) is 0 Å². The fourth-order valence-corrected chi connectivity index (χ4v) is 3.19. The van der Waals surface area contributed by atoms with Crippen molar-refractivity contribution in [1.82, 2.24) is 0 Å². The fourth-order valence-electron chi connectivity index (χ4n) is 3.19. The van der Waals surface area contributed by atoms with Crippen molar-refractivity contribution in [2.24, 2.45) is 16.7 Å². The lowest BCUT2D eigenvalue weighted by Crippen LogP contribution is -2.29. The lowest BCUT2D eigenvalue weighted by atomic mass is 9.79. The van der Waals surface area contributed by atoms with E-state index in [-0.39, 0.29) is 11.5 Å². The molecule has 1 N–H and O–H groups in total. The SMILES string of the molecule is CC1[C@@]2(C)CC[C@]1(C)[C@@H](O)C2. The van der Waals surface area contributed by atoms with Crippen LogP contribution in [0, 0.1) is 16.7 Å². The third-order valence-corrected chi connectivity index (χ3v) is 4.69. The molecule has 2 aliphatic rings. The Balaban J connectivity index is 2.37. The van der Waals surface area contributed by atoms with Gasteiger partial charge in [-0.3, -0.25) is 0 Å². The van der Waals surface area contributed by atoms with Gasteiger partial charge in [0.15, 0.2) is 0 Å². The molecule has 2 saturated carbocycles. The summed E-state index contributed by atoms with van der Waals surface area (Å²) in [5.41, 5.74) is 0.697. The van der Waals surface area contributed by atoms with Gasteiger partial charge in [0.1, 0.15) is 0 Å². The second-order valence-corrected chi connectivity index (χ2v) is 5.10. The van der Waals surface area contributed by atoms with Crippen molar-refractivity contribution in [3.05, 3.63) is 0 Å². The molecular weight excluding hydrogens is 136 g/mol. The molecule has 1 heteroatoms. The number of fused-ring (bicyclic) bond motifs is 2. The molecule has 4 atom stereocenters. The molecular formula is C10H18O. The van der Waals surface area contributed by atoms with Crippen molar-refractivity contribution in [3.8, 4) is 0 Å². The summed E-state index contributed by atoms with van der Waals surface area (Å²) < 4.78 is 0. The third kappa shape index (κ3) is 0.703. The van der Waals surface area contributed by atoms with Gasteiger partial charge in [-0.1, -0.05) is 20.8 Å². The van der Waals surface area contributed by atoms with Crippen LogP contribution < -0.4 is 0 Å². The molecule has 0 spiro atoms. The number of hydrogen-bond acceptors (Lipinski definition) is 1. The highest BCUT2D eigenvalue weighted by molar-refractivity contribution is 5.09. The van der Waals surface area contributed by atoms with Crippen LogP contribution in [-0.2, 0) is 0 Å². The molecule has 2 fully saturated rings. The Hall–Kier alpha value is -0.0400. The van der Waals surface area contributed by atoms with Gasteiger partial charge >= 0.3 is 0 Å². The molecule has 0 heterocycles. The minimum Gasteiger partial charge on any atom is -0.393 e. The van der Waals surface area contributed by atoms with E-state index in [9.17, 15) is 5.11 Å². The van der Waals surface area contributed by atoms with Crippen molar-refractivity contribution < 1.29 is 5.11 Å². The van der Waals surface area contributed by atoms with E-state index in [2.05, 4.69) is 20.8 Å². The first-order chi connectivity index (χ1) is 4.99. The first kappa shape index (κ1) is 7.60. The summed E-state index contributed by atoms with van der Waals surface area (Å²) in [7, 11) is 0. The summed E-state index contributed by atoms with van der Waals surface area (Å²) in [6.45, 7) is 6.89. The van der Waals surface area contributed by atoms with Gasteiger partial charge in [0.2, 0.25) is 0 Å². The molecule has 1 unspecified atom stereocenters. The molecule has 2 aliphatic carbocycles. The summed E-state index contributed by atoms with van der Waals surface area (Å²) >= 11 is 0. The summed E-state index contributed by atoms with van der Waals surface area (Å²) in [6.07, 6.45) is 3.55. The maximum absolute atomic E-state index is 9.81. The minimum absolute atomic E-state index is 0.0313.